The van der Waals surface area contributed by atoms with Gasteiger partial charge in [0.15, 0.2) is 0 Å². The Kier molecular flexibility index (Phi) is 6.45. The first-order valence-electron chi connectivity index (χ1n) is 11.0. The molecule has 5 heteroatoms. The van der Waals surface area contributed by atoms with Gasteiger partial charge in [0, 0.05) is 17.7 Å². The zero-order valence-electron chi connectivity index (χ0n) is 17.1. The van der Waals surface area contributed by atoms with Crippen LogP contribution >= 0.6 is 0 Å². The van der Waals surface area contributed by atoms with Crippen LogP contribution in [0.5, 0.6) is 0 Å². The lowest BCUT2D eigenvalue weighted by Gasteiger charge is -2.28. The smallest absolute Gasteiger partial charge is 0.223 e. The average molecular weight is 393 g/mol. The highest BCUT2D eigenvalue weighted by Crippen LogP contribution is 2.30. The standard InChI is InChI=1S/C24H32N4O/c25-15-17-11-13-19(14-12-17)24(29)28-21-10-4-2-1-3-7-18-8-5-6-9-20(18)22-16-26-23(21)27-22/h2,4-6,8-9,16-17,19,21H,1,3,7,10-15,25H2,(H,26,27)(H,28,29)/b4-2+/t17-,19-,21-/m0/s1. The van der Waals surface area contributed by atoms with E-state index in [1.54, 1.807) is 0 Å². The number of carbonyl (C=O) groups excluding carboxylic acids is 1. The van der Waals surface area contributed by atoms with E-state index in [1.807, 2.05) is 6.20 Å². The van der Waals surface area contributed by atoms with Crippen LogP contribution in [0.25, 0.3) is 11.3 Å². The van der Waals surface area contributed by atoms with Crippen molar-refractivity contribution in [3.8, 4) is 11.3 Å². The Bertz CT molecular complexity index is 848. The average Bonchev–Trinajstić information content (AvgIpc) is 3.25. The van der Waals surface area contributed by atoms with Crippen molar-refractivity contribution < 1.29 is 4.79 Å². The van der Waals surface area contributed by atoms with E-state index in [-0.39, 0.29) is 17.9 Å². The molecule has 2 bridgehead atoms. The molecule has 1 saturated carbocycles. The van der Waals surface area contributed by atoms with Crippen molar-refractivity contribution in [2.45, 2.75) is 57.4 Å². The van der Waals surface area contributed by atoms with Gasteiger partial charge in [-0.25, -0.2) is 4.98 Å². The number of imidazole rings is 1. The van der Waals surface area contributed by atoms with E-state index in [4.69, 9.17) is 10.7 Å². The summed E-state index contributed by atoms with van der Waals surface area (Å²) in [7, 11) is 0. The van der Waals surface area contributed by atoms with Crippen LogP contribution in [0.4, 0.5) is 0 Å². The Balaban J connectivity index is 1.53. The minimum atomic E-state index is -0.119. The molecule has 0 unspecified atom stereocenters. The van der Waals surface area contributed by atoms with Gasteiger partial charge in [0.1, 0.15) is 5.82 Å². The van der Waals surface area contributed by atoms with Crippen molar-refractivity contribution in [1.29, 1.82) is 0 Å². The number of aryl methyl sites for hydroxylation is 1. The number of aromatic nitrogens is 2. The number of fused-ring (bicyclic) bond motifs is 4. The van der Waals surface area contributed by atoms with Crippen LogP contribution in [0.15, 0.2) is 42.6 Å². The number of hydrogen-bond donors (Lipinski definition) is 3. The Morgan fingerprint density at radius 1 is 1.17 bits per heavy atom. The lowest BCUT2D eigenvalue weighted by atomic mass is 9.81. The third-order valence-corrected chi connectivity index (χ3v) is 6.44. The van der Waals surface area contributed by atoms with Gasteiger partial charge in [-0.1, -0.05) is 36.4 Å². The maximum atomic E-state index is 12.9. The Morgan fingerprint density at radius 2 is 2.00 bits per heavy atom. The number of carbonyl (C=O) groups is 1. The summed E-state index contributed by atoms with van der Waals surface area (Å²) in [6, 6.07) is 8.37. The van der Waals surface area contributed by atoms with E-state index in [1.165, 1.54) is 11.1 Å². The van der Waals surface area contributed by atoms with E-state index in [0.29, 0.717) is 5.92 Å². The number of nitrogens with one attached hydrogen (secondary N) is 2. The molecule has 1 aromatic heterocycles. The molecule has 2 aromatic rings. The van der Waals surface area contributed by atoms with Gasteiger partial charge in [-0.05, 0) is 69.4 Å². The molecule has 2 heterocycles. The van der Waals surface area contributed by atoms with Crippen LogP contribution in [0.3, 0.4) is 0 Å². The number of allylic oxidation sites excluding steroid dienone is 1. The van der Waals surface area contributed by atoms with Gasteiger partial charge in [-0.3, -0.25) is 4.79 Å². The van der Waals surface area contributed by atoms with Gasteiger partial charge in [0.25, 0.3) is 0 Å². The number of rotatable bonds is 3. The van der Waals surface area contributed by atoms with Gasteiger partial charge in [0.2, 0.25) is 5.91 Å². The van der Waals surface area contributed by atoms with E-state index in [2.05, 4.69) is 46.7 Å². The Labute approximate surface area is 173 Å². The van der Waals surface area contributed by atoms with Crippen molar-refractivity contribution >= 4 is 5.91 Å². The molecule has 1 aliphatic carbocycles. The molecule has 4 rings (SSSR count). The van der Waals surface area contributed by atoms with Gasteiger partial charge < -0.3 is 16.0 Å². The first-order chi connectivity index (χ1) is 14.2. The van der Waals surface area contributed by atoms with Crippen LogP contribution in [0.1, 0.15) is 62.4 Å². The minimum absolute atomic E-state index is 0.0957. The van der Waals surface area contributed by atoms with Gasteiger partial charge in [0.05, 0.1) is 11.7 Å². The van der Waals surface area contributed by atoms with Crippen molar-refractivity contribution in [2.24, 2.45) is 17.6 Å². The second kappa shape index (κ2) is 9.40. The normalized spacial score (nSPS) is 25.9. The number of nitrogens with two attached hydrogens (primary N) is 1. The van der Waals surface area contributed by atoms with E-state index < -0.39 is 0 Å². The molecular formula is C24H32N4O. The second-order valence-electron chi connectivity index (χ2n) is 8.44. The van der Waals surface area contributed by atoms with Crippen LogP contribution in [-0.4, -0.2) is 22.4 Å². The number of aromatic amines is 1. The minimum Gasteiger partial charge on any atom is -0.346 e. The first-order valence-corrected chi connectivity index (χ1v) is 11.0. The van der Waals surface area contributed by atoms with Crippen molar-refractivity contribution in [3.05, 3.63) is 54.0 Å². The third-order valence-electron chi connectivity index (χ3n) is 6.44. The quantitative estimate of drug-likeness (QED) is 0.682. The topological polar surface area (TPSA) is 83.8 Å². The number of amides is 1. The predicted molar refractivity (Wildman–Crippen MR) is 116 cm³/mol. The largest absolute Gasteiger partial charge is 0.346 e. The van der Waals surface area contributed by atoms with E-state index >= 15 is 0 Å². The molecule has 2 aliphatic rings. The highest BCUT2D eigenvalue weighted by atomic mass is 16.1. The van der Waals surface area contributed by atoms with Crippen molar-refractivity contribution in [2.75, 3.05) is 6.54 Å². The zero-order chi connectivity index (χ0) is 20.1. The number of benzene rings is 1. The molecule has 1 amide bonds. The van der Waals surface area contributed by atoms with E-state index in [9.17, 15) is 4.79 Å². The summed E-state index contributed by atoms with van der Waals surface area (Å²) in [6.07, 6.45) is 14.4. The Morgan fingerprint density at radius 3 is 2.83 bits per heavy atom. The maximum absolute atomic E-state index is 12.9. The third kappa shape index (κ3) is 4.78. The lowest BCUT2D eigenvalue weighted by molar-refractivity contribution is -0.127. The second-order valence-corrected chi connectivity index (χ2v) is 8.44. The highest BCUT2D eigenvalue weighted by Gasteiger charge is 2.28. The molecular weight excluding hydrogens is 360 g/mol. The Hall–Kier alpha value is -2.40. The van der Waals surface area contributed by atoms with Crippen LogP contribution in [0.2, 0.25) is 0 Å². The first kappa shape index (κ1) is 19.9. The summed E-state index contributed by atoms with van der Waals surface area (Å²) in [5.74, 6) is 1.67. The van der Waals surface area contributed by atoms with Gasteiger partial charge in [-0.15, -0.1) is 0 Å². The number of hydrogen-bond acceptors (Lipinski definition) is 3. The SMILES string of the molecule is NC[C@H]1CC[C@H](C(=O)N[C@H]2C/C=C/CCCc3ccccc3-c3c[nH]c2n3)CC1. The van der Waals surface area contributed by atoms with Crippen LogP contribution in [-0.2, 0) is 11.2 Å². The summed E-state index contributed by atoms with van der Waals surface area (Å²) >= 11 is 0. The molecule has 1 aliphatic heterocycles. The molecule has 1 fully saturated rings. The summed E-state index contributed by atoms with van der Waals surface area (Å²) < 4.78 is 0. The summed E-state index contributed by atoms with van der Waals surface area (Å²) in [4.78, 5) is 21.1. The van der Waals surface area contributed by atoms with Crippen molar-refractivity contribution in [1.82, 2.24) is 15.3 Å². The van der Waals surface area contributed by atoms with Crippen LogP contribution in [0, 0.1) is 11.8 Å². The molecule has 1 atom stereocenters. The number of nitrogens with zero attached hydrogens (tertiary/aromatic N) is 1. The molecule has 0 spiro atoms. The number of H-pyrrole nitrogens is 1. The maximum Gasteiger partial charge on any atom is 0.223 e. The molecule has 5 nitrogen and oxygen atoms in total. The molecule has 1 aromatic carbocycles. The summed E-state index contributed by atoms with van der Waals surface area (Å²) in [6.45, 7) is 0.735. The van der Waals surface area contributed by atoms with Crippen LogP contribution < -0.4 is 11.1 Å². The monoisotopic (exact) mass is 392 g/mol. The molecule has 4 N–H and O–H groups in total. The fraction of sp³-hybridized carbons (Fsp3) is 0.500. The molecule has 29 heavy (non-hydrogen) atoms. The lowest BCUT2D eigenvalue weighted by Crippen LogP contribution is -2.36. The summed E-state index contributed by atoms with van der Waals surface area (Å²) in [5.41, 5.74) is 9.27. The molecule has 154 valence electrons. The highest BCUT2D eigenvalue weighted by molar-refractivity contribution is 5.79. The van der Waals surface area contributed by atoms with E-state index in [0.717, 1.165) is 69.4 Å². The zero-order valence-corrected chi connectivity index (χ0v) is 17.1. The van der Waals surface area contributed by atoms with Gasteiger partial charge in [-0.2, -0.15) is 0 Å². The molecule has 0 radical (unpaired) electrons. The van der Waals surface area contributed by atoms with Gasteiger partial charge >= 0.3 is 0 Å². The fourth-order valence-electron chi connectivity index (χ4n) is 4.59. The summed E-state index contributed by atoms with van der Waals surface area (Å²) in [5, 5.41) is 3.28. The predicted octanol–water partition coefficient (Wildman–Crippen LogP) is 4.28. The van der Waals surface area contributed by atoms with Crippen molar-refractivity contribution in [3.63, 3.8) is 0 Å². The molecule has 0 saturated heterocycles. The fourth-order valence-corrected chi connectivity index (χ4v) is 4.59.